The Hall–Kier alpha value is -2.40. The van der Waals surface area contributed by atoms with E-state index in [0.717, 1.165) is 48.5 Å². The van der Waals surface area contributed by atoms with Gasteiger partial charge in [-0.3, -0.25) is 9.78 Å². The SMILES string of the molecule is Cc1ccc(C)c(NC(=O)c2cc(NCC3CCCO3)ccn2)c1. The Labute approximate surface area is 142 Å². The molecule has 1 unspecified atom stereocenters. The Morgan fingerprint density at radius 2 is 2.17 bits per heavy atom. The van der Waals surface area contributed by atoms with Crippen LogP contribution in [-0.4, -0.2) is 30.1 Å². The lowest BCUT2D eigenvalue weighted by molar-refractivity contribution is 0.102. The molecule has 1 aromatic heterocycles. The third-order valence-electron chi connectivity index (χ3n) is 4.19. The zero-order valence-electron chi connectivity index (χ0n) is 14.1. The Balaban J connectivity index is 1.66. The first kappa shape index (κ1) is 16.5. The summed E-state index contributed by atoms with van der Waals surface area (Å²) in [6, 6.07) is 9.63. The van der Waals surface area contributed by atoms with Gasteiger partial charge >= 0.3 is 0 Å². The first-order valence-corrected chi connectivity index (χ1v) is 8.32. The molecule has 1 aromatic carbocycles. The van der Waals surface area contributed by atoms with Gasteiger partial charge in [0.15, 0.2) is 0 Å². The number of anilines is 2. The lowest BCUT2D eigenvalue weighted by Crippen LogP contribution is -2.19. The molecule has 1 aliphatic rings. The highest BCUT2D eigenvalue weighted by atomic mass is 16.5. The van der Waals surface area contributed by atoms with Crippen molar-refractivity contribution < 1.29 is 9.53 Å². The minimum atomic E-state index is -0.204. The summed E-state index contributed by atoms with van der Waals surface area (Å²) in [6.45, 7) is 5.57. The summed E-state index contributed by atoms with van der Waals surface area (Å²) in [4.78, 5) is 16.6. The molecule has 2 N–H and O–H groups in total. The zero-order chi connectivity index (χ0) is 16.9. The normalized spacial score (nSPS) is 16.8. The maximum absolute atomic E-state index is 12.5. The molecule has 0 radical (unpaired) electrons. The van der Waals surface area contributed by atoms with Crippen molar-refractivity contribution in [2.45, 2.75) is 32.8 Å². The Morgan fingerprint density at radius 3 is 2.96 bits per heavy atom. The third kappa shape index (κ3) is 4.11. The maximum atomic E-state index is 12.5. The van der Waals surface area contributed by atoms with Crippen LogP contribution in [0.25, 0.3) is 0 Å². The van der Waals surface area contributed by atoms with Crippen LogP contribution in [0.1, 0.15) is 34.5 Å². The van der Waals surface area contributed by atoms with Crippen molar-refractivity contribution in [1.29, 1.82) is 0 Å². The Morgan fingerprint density at radius 1 is 1.29 bits per heavy atom. The van der Waals surface area contributed by atoms with Gasteiger partial charge in [-0.25, -0.2) is 0 Å². The molecule has 2 aromatic rings. The lowest BCUT2D eigenvalue weighted by Gasteiger charge is -2.13. The molecule has 1 fully saturated rings. The van der Waals surface area contributed by atoms with E-state index in [1.165, 1.54) is 0 Å². The fourth-order valence-corrected chi connectivity index (χ4v) is 2.76. The van der Waals surface area contributed by atoms with Crippen LogP contribution >= 0.6 is 0 Å². The second-order valence-corrected chi connectivity index (χ2v) is 6.22. The van der Waals surface area contributed by atoms with Gasteiger partial charge in [-0.2, -0.15) is 0 Å². The third-order valence-corrected chi connectivity index (χ3v) is 4.19. The number of amides is 1. The van der Waals surface area contributed by atoms with Crippen molar-refractivity contribution in [2.75, 3.05) is 23.8 Å². The van der Waals surface area contributed by atoms with Crippen LogP contribution in [0.3, 0.4) is 0 Å². The summed E-state index contributed by atoms with van der Waals surface area (Å²) < 4.78 is 5.60. The molecular weight excluding hydrogens is 302 g/mol. The number of nitrogens with one attached hydrogen (secondary N) is 2. The second-order valence-electron chi connectivity index (χ2n) is 6.22. The molecule has 0 spiro atoms. The number of pyridine rings is 1. The number of aryl methyl sites for hydroxylation is 2. The number of rotatable bonds is 5. The van der Waals surface area contributed by atoms with E-state index in [1.807, 2.05) is 38.1 Å². The van der Waals surface area contributed by atoms with Gasteiger partial charge in [0, 0.05) is 30.7 Å². The summed E-state index contributed by atoms with van der Waals surface area (Å²) in [5.41, 5.74) is 4.23. The highest BCUT2D eigenvalue weighted by Gasteiger charge is 2.15. The van der Waals surface area contributed by atoms with E-state index >= 15 is 0 Å². The summed E-state index contributed by atoms with van der Waals surface area (Å²) in [6.07, 6.45) is 4.10. The molecule has 0 aliphatic carbocycles. The number of hydrogen-bond donors (Lipinski definition) is 2. The molecule has 1 aliphatic heterocycles. The summed E-state index contributed by atoms with van der Waals surface area (Å²) in [7, 11) is 0. The highest BCUT2D eigenvalue weighted by molar-refractivity contribution is 6.03. The molecule has 0 bridgehead atoms. The molecule has 1 saturated heterocycles. The van der Waals surface area contributed by atoms with Crippen LogP contribution < -0.4 is 10.6 Å². The molecule has 5 heteroatoms. The van der Waals surface area contributed by atoms with E-state index in [0.29, 0.717) is 5.69 Å². The Bertz CT molecular complexity index is 724. The first-order valence-electron chi connectivity index (χ1n) is 8.32. The van der Waals surface area contributed by atoms with Gasteiger partial charge in [-0.15, -0.1) is 0 Å². The summed E-state index contributed by atoms with van der Waals surface area (Å²) >= 11 is 0. The van der Waals surface area contributed by atoms with E-state index in [-0.39, 0.29) is 12.0 Å². The predicted molar refractivity (Wildman–Crippen MR) is 95.6 cm³/mol. The molecule has 24 heavy (non-hydrogen) atoms. The fourth-order valence-electron chi connectivity index (χ4n) is 2.76. The monoisotopic (exact) mass is 325 g/mol. The standard InChI is InChI=1S/C19H23N3O2/c1-13-5-6-14(2)17(10-13)22-19(23)18-11-15(7-8-20-18)21-12-16-4-3-9-24-16/h5-8,10-11,16H,3-4,9,12H2,1-2H3,(H,20,21)(H,22,23). The van der Waals surface area contributed by atoms with Crippen LogP contribution in [0.15, 0.2) is 36.5 Å². The van der Waals surface area contributed by atoms with Gasteiger partial charge in [0.2, 0.25) is 0 Å². The van der Waals surface area contributed by atoms with Crippen LogP contribution in [0.5, 0.6) is 0 Å². The fraction of sp³-hybridized carbons (Fsp3) is 0.368. The van der Waals surface area contributed by atoms with Crippen molar-refractivity contribution in [3.05, 3.63) is 53.3 Å². The minimum Gasteiger partial charge on any atom is -0.382 e. The molecule has 3 rings (SSSR count). The van der Waals surface area contributed by atoms with E-state index in [2.05, 4.69) is 15.6 Å². The number of aromatic nitrogens is 1. The zero-order valence-corrected chi connectivity index (χ0v) is 14.1. The van der Waals surface area contributed by atoms with Crippen molar-refractivity contribution in [1.82, 2.24) is 4.98 Å². The maximum Gasteiger partial charge on any atom is 0.274 e. The van der Waals surface area contributed by atoms with Gasteiger partial charge in [-0.05, 0) is 56.0 Å². The first-order chi connectivity index (χ1) is 11.6. The average molecular weight is 325 g/mol. The van der Waals surface area contributed by atoms with Gasteiger partial charge in [0.1, 0.15) is 5.69 Å². The Kier molecular flexibility index (Phi) is 5.11. The molecular formula is C19H23N3O2. The number of nitrogens with zero attached hydrogens (tertiary/aromatic N) is 1. The second kappa shape index (κ2) is 7.45. The van der Waals surface area contributed by atoms with Crippen LogP contribution in [0.2, 0.25) is 0 Å². The van der Waals surface area contributed by atoms with E-state index in [9.17, 15) is 4.79 Å². The molecule has 5 nitrogen and oxygen atoms in total. The molecule has 2 heterocycles. The lowest BCUT2D eigenvalue weighted by atomic mass is 10.1. The molecule has 1 amide bonds. The van der Waals surface area contributed by atoms with E-state index in [1.54, 1.807) is 12.3 Å². The molecule has 1 atom stereocenters. The smallest absolute Gasteiger partial charge is 0.274 e. The average Bonchev–Trinajstić information content (AvgIpc) is 3.10. The van der Waals surface area contributed by atoms with Crippen molar-refractivity contribution in [3.8, 4) is 0 Å². The minimum absolute atomic E-state index is 0.204. The molecule has 126 valence electrons. The van der Waals surface area contributed by atoms with E-state index < -0.39 is 0 Å². The number of hydrogen-bond acceptors (Lipinski definition) is 4. The van der Waals surface area contributed by atoms with E-state index in [4.69, 9.17) is 4.74 Å². The quantitative estimate of drug-likeness (QED) is 0.882. The number of ether oxygens (including phenoxy) is 1. The van der Waals surface area contributed by atoms with Crippen molar-refractivity contribution in [2.24, 2.45) is 0 Å². The largest absolute Gasteiger partial charge is 0.382 e. The number of carbonyl (C=O) groups excluding carboxylic acids is 1. The van der Waals surface area contributed by atoms with Gasteiger partial charge < -0.3 is 15.4 Å². The molecule has 0 saturated carbocycles. The van der Waals surface area contributed by atoms with Gasteiger partial charge in [-0.1, -0.05) is 12.1 Å². The highest BCUT2D eigenvalue weighted by Crippen LogP contribution is 2.18. The predicted octanol–water partition coefficient (Wildman–Crippen LogP) is 3.54. The van der Waals surface area contributed by atoms with Crippen molar-refractivity contribution in [3.63, 3.8) is 0 Å². The van der Waals surface area contributed by atoms with Gasteiger partial charge in [0.25, 0.3) is 5.91 Å². The summed E-state index contributed by atoms with van der Waals surface area (Å²) in [5, 5.41) is 6.26. The van der Waals surface area contributed by atoms with Crippen LogP contribution in [0.4, 0.5) is 11.4 Å². The van der Waals surface area contributed by atoms with Gasteiger partial charge in [0.05, 0.1) is 6.10 Å². The number of benzene rings is 1. The van der Waals surface area contributed by atoms with Crippen LogP contribution in [0, 0.1) is 13.8 Å². The topological polar surface area (TPSA) is 63.2 Å². The summed E-state index contributed by atoms with van der Waals surface area (Å²) in [5.74, 6) is -0.204. The van der Waals surface area contributed by atoms with Crippen molar-refractivity contribution >= 4 is 17.3 Å². The number of carbonyl (C=O) groups is 1. The van der Waals surface area contributed by atoms with Crippen LogP contribution in [-0.2, 0) is 4.74 Å².